The number of hydrogen-bond acceptors (Lipinski definition) is 5. The van der Waals surface area contributed by atoms with Crippen LogP contribution in [0.2, 0.25) is 0 Å². The fraction of sp³-hybridized carbons (Fsp3) is 0.385. The van der Waals surface area contributed by atoms with E-state index in [0.29, 0.717) is 18.3 Å². The van der Waals surface area contributed by atoms with Crippen molar-refractivity contribution < 1.29 is 9.26 Å². The van der Waals surface area contributed by atoms with Crippen LogP contribution < -0.4 is 10.5 Å². The van der Waals surface area contributed by atoms with Crippen molar-refractivity contribution in [1.29, 1.82) is 0 Å². The van der Waals surface area contributed by atoms with Gasteiger partial charge in [-0.2, -0.15) is 4.98 Å². The van der Waals surface area contributed by atoms with E-state index in [4.69, 9.17) is 15.0 Å². The molecule has 1 atom stereocenters. The number of nitrogens with zero attached hydrogens (tertiary/aromatic N) is 2. The first-order chi connectivity index (χ1) is 8.74. The molecular formula is C13H17N3O2. The normalized spacial score (nSPS) is 12.4. The quantitative estimate of drug-likeness (QED) is 0.876. The second-order valence-electron chi connectivity index (χ2n) is 4.16. The largest absolute Gasteiger partial charge is 0.497 e. The Balaban J connectivity index is 2.18. The standard InChI is InChI=1S/C13H17N3O2/c1-9(7-8-14)13-15-12(16-18-13)10-3-5-11(17-2)6-4-10/h3-6,9H,7-8,14H2,1-2H3. The highest BCUT2D eigenvalue weighted by Crippen LogP contribution is 2.23. The molecule has 0 radical (unpaired) electrons. The minimum atomic E-state index is 0.189. The molecule has 1 unspecified atom stereocenters. The highest BCUT2D eigenvalue weighted by Gasteiger charge is 2.14. The van der Waals surface area contributed by atoms with Crippen LogP contribution >= 0.6 is 0 Å². The minimum absolute atomic E-state index is 0.189. The molecule has 0 fully saturated rings. The fourth-order valence-corrected chi connectivity index (χ4v) is 1.67. The summed E-state index contributed by atoms with van der Waals surface area (Å²) in [5.41, 5.74) is 6.42. The van der Waals surface area contributed by atoms with Crippen LogP contribution in [0, 0.1) is 0 Å². The van der Waals surface area contributed by atoms with E-state index in [1.807, 2.05) is 31.2 Å². The third-order valence-corrected chi connectivity index (χ3v) is 2.81. The van der Waals surface area contributed by atoms with E-state index in [-0.39, 0.29) is 5.92 Å². The lowest BCUT2D eigenvalue weighted by molar-refractivity contribution is 0.355. The van der Waals surface area contributed by atoms with Gasteiger partial charge in [0.05, 0.1) is 7.11 Å². The van der Waals surface area contributed by atoms with Crippen molar-refractivity contribution in [2.24, 2.45) is 5.73 Å². The minimum Gasteiger partial charge on any atom is -0.497 e. The van der Waals surface area contributed by atoms with Crippen molar-refractivity contribution in [2.45, 2.75) is 19.3 Å². The van der Waals surface area contributed by atoms with Gasteiger partial charge in [0.2, 0.25) is 11.7 Å². The summed E-state index contributed by atoms with van der Waals surface area (Å²) in [4.78, 5) is 4.38. The number of aromatic nitrogens is 2. The van der Waals surface area contributed by atoms with Crippen LogP contribution in [0.3, 0.4) is 0 Å². The van der Waals surface area contributed by atoms with Gasteiger partial charge in [-0.1, -0.05) is 12.1 Å². The molecule has 96 valence electrons. The molecule has 1 aromatic carbocycles. The summed E-state index contributed by atoms with van der Waals surface area (Å²) in [5, 5.41) is 3.98. The fourth-order valence-electron chi connectivity index (χ4n) is 1.67. The maximum Gasteiger partial charge on any atom is 0.229 e. The molecule has 18 heavy (non-hydrogen) atoms. The number of methoxy groups -OCH3 is 1. The molecule has 5 nitrogen and oxygen atoms in total. The maximum atomic E-state index is 5.51. The Labute approximate surface area is 106 Å². The SMILES string of the molecule is COc1ccc(-c2noc(C(C)CCN)n2)cc1. The number of nitrogens with two attached hydrogens (primary N) is 1. The van der Waals surface area contributed by atoms with Gasteiger partial charge in [0, 0.05) is 11.5 Å². The van der Waals surface area contributed by atoms with Crippen molar-refractivity contribution in [3.63, 3.8) is 0 Å². The molecule has 0 spiro atoms. The molecular weight excluding hydrogens is 230 g/mol. The van der Waals surface area contributed by atoms with Crippen molar-refractivity contribution in [1.82, 2.24) is 10.1 Å². The third-order valence-electron chi connectivity index (χ3n) is 2.81. The van der Waals surface area contributed by atoms with E-state index in [9.17, 15) is 0 Å². The predicted octanol–water partition coefficient (Wildman–Crippen LogP) is 2.20. The molecule has 0 aliphatic carbocycles. The van der Waals surface area contributed by atoms with Crippen LogP contribution in [0.4, 0.5) is 0 Å². The Morgan fingerprint density at radius 2 is 2.06 bits per heavy atom. The first-order valence-electron chi connectivity index (χ1n) is 5.92. The highest BCUT2D eigenvalue weighted by atomic mass is 16.5. The number of hydrogen-bond donors (Lipinski definition) is 1. The predicted molar refractivity (Wildman–Crippen MR) is 68.4 cm³/mol. The average Bonchev–Trinajstić information content (AvgIpc) is 2.89. The number of ether oxygens (including phenoxy) is 1. The van der Waals surface area contributed by atoms with Crippen LogP contribution in [0.15, 0.2) is 28.8 Å². The van der Waals surface area contributed by atoms with Gasteiger partial charge in [0.1, 0.15) is 5.75 Å². The van der Waals surface area contributed by atoms with Gasteiger partial charge >= 0.3 is 0 Å². The van der Waals surface area contributed by atoms with Gasteiger partial charge in [-0.15, -0.1) is 0 Å². The van der Waals surface area contributed by atoms with Crippen LogP contribution in [-0.4, -0.2) is 23.8 Å². The zero-order chi connectivity index (χ0) is 13.0. The molecule has 0 aliphatic rings. The van der Waals surface area contributed by atoms with E-state index >= 15 is 0 Å². The monoisotopic (exact) mass is 247 g/mol. The maximum absolute atomic E-state index is 5.51. The molecule has 2 rings (SSSR count). The smallest absolute Gasteiger partial charge is 0.229 e. The Morgan fingerprint density at radius 3 is 2.67 bits per heavy atom. The molecule has 0 bridgehead atoms. The summed E-state index contributed by atoms with van der Waals surface area (Å²) < 4.78 is 10.3. The lowest BCUT2D eigenvalue weighted by Gasteiger charge is -2.02. The van der Waals surface area contributed by atoms with E-state index < -0.39 is 0 Å². The van der Waals surface area contributed by atoms with Crippen molar-refractivity contribution in [3.05, 3.63) is 30.2 Å². The van der Waals surface area contributed by atoms with Gasteiger partial charge in [-0.25, -0.2) is 0 Å². The van der Waals surface area contributed by atoms with Crippen LogP contribution in [0.1, 0.15) is 25.2 Å². The lowest BCUT2D eigenvalue weighted by Crippen LogP contribution is -2.04. The zero-order valence-corrected chi connectivity index (χ0v) is 10.6. The summed E-state index contributed by atoms with van der Waals surface area (Å²) in [6.45, 7) is 2.64. The zero-order valence-electron chi connectivity index (χ0n) is 10.6. The first kappa shape index (κ1) is 12.6. The second-order valence-corrected chi connectivity index (χ2v) is 4.16. The van der Waals surface area contributed by atoms with Crippen LogP contribution in [0.5, 0.6) is 5.75 Å². The molecule has 1 aromatic heterocycles. The van der Waals surface area contributed by atoms with Gasteiger partial charge in [-0.05, 0) is 37.2 Å². The first-order valence-corrected chi connectivity index (χ1v) is 5.92. The third kappa shape index (κ3) is 2.68. The molecule has 2 N–H and O–H groups in total. The number of rotatable bonds is 5. The summed E-state index contributed by atoms with van der Waals surface area (Å²) in [7, 11) is 1.63. The summed E-state index contributed by atoms with van der Waals surface area (Å²) in [6.07, 6.45) is 0.838. The van der Waals surface area contributed by atoms with E-state index in [2.05, 4.69) is 10.1 Å². The van der Waals surface area contributed by atoms with Gasteiger partial charge in [0.15, 0.2) is 0 Å². The molecule has 2 aromatic rings. The number of benzene rings is 1. The van der Waals surface area contributed by atoms with E-state index in [1.54, 1.807) is 7.11 Å². The molecule has 0 amide bonds. The molecule has 0 aliphatic heterocycles. The van der Waals surface area contributed by atoms with Crippen molar-refractivity contribution in [3.8, 4) is 17.1 Å². The average molecular weight is 247 g/mol. The van der Waals surface area contributed by atoms with Crippen molar-refractivity contribution in [2.75, 3.05) is 13.7 Å². The Kier molecular flexibility index (Phi) is 3.94. The van der Waals surface area contributed by atoms with Crippen LogP contribution in [0.25, 0.3) is 11.4 Å². The van der Waals surface area contributed by atoms with Gasteiger partial charge < -0.3 is 15.0 Å². The molecule has 0 saturated carbocycles. The summed E-state index contributed by atoms with van der Waals surface area (Å²) in [6, 6.07) is 7.55. The lowest BCUT2D eigenvalue weighted by atomic mass is 10.1. The Hall–Kier alpha value is -1.88. The second kappa shape index (κ2) is 5.64. The molecule has 1 heterocycles. The van der Waals surface area contributed by atoms with E-state index in [0.717, 1.165) is 17.7 Å². The van der Waals surface area contributed by atoms with Gasteiger partial charge in [0.25, 0.3) is 0 Å². The van der Waals surface area contributed by atoms with E-state index in [1.165, 1.54) is 0 Å². The topological polar surface area (TPSA) is 74.2 Å². The Morgan fingerprint density at radius 1 is 1.33 bits per heavy atom. The summed E-state index contributed by atoms with van der Waals surface area (Å²) in [5.74, 6) is 2.22. The molecule has 5 heteroatoms. The molecule has 0 saturated heterocycles. The Bertz CT molecular complexity index is 493. The van der Waals surface area contributed by atoms with Crippen LogP contribution in [-0.2, 0) is 0 Å². The van der Waals surface area contributed by atoms with Gasteiger partial charge in [-0.3, -0.25) is 0 Å². The van der Waals surface area contributed by atoms with Crippen molar-refractivity contribution >= 4 is 0 Å². The highest BCUT2D eigenvalue weighted by molar-refractivity contribution is 5.55. The summed E-state index contributed by atoms with van der Waals surface area (Å²) >= 11 is 0.